The van der Waals surface area contributed by atoms with Crippen LogP contribution in [0, 0.1) is 17.1 Å². The number of ketones is 1. The van der Waals surface area contributed by atoms with E-state index in [1.54, 1.807) is 24.8 Å². The van der Waals surface area contributed by atoms with E-state index in [1.165, 1.54) is 12.1 Å². The van der Waals surface area contributed by atoms with E-state index >= 15 is 0 Å². The normalized spacial score (nSPS) is 10.2. The summed E-state index contributed by atoms with van der Waals surface area (Å²) < 4.78 is 19.3. The Kier molecular flexibility index (Phi) is 5.78. The molecule has 2 aromatic rings. The molecule has 0 aliphatic rings. The van der Waals surface area contributed by atoms with Gasteiger partial charge in [0.15, 0.2) is 0 Å². The van der Waals surface area contributed by atoms with Gasteiger partial charge in [-0.3, -0.25) is 0 Å². The van der Waals surface area contributed by atoms with Gasteiger partial charge in [0.25, 0.3) is 0 Å². The Morgan fingerprint density at radius 1 is 1.30 bits per heavy atom. The molecular formula is C18H16FNO2S. The lowest BCUT2D eigenvalue weighted by Crippen LogP contribution is -1.98. The van der Waals surface area contributed by atoms with Crippen molar-refractivity contribution < 1.29 is 13.9 Å². The lowest BCUT2D eigenvalue weighted by molar-refractivity contribution is -0.116. The Balaban J connectivity index is 2.33. The molecule has 23 heavy (non-hydrogen) atoms. The fourth-order valence-electron chi connectivity index (χ4n) is 2.10. The zero-order valence-electron chi connectivity index (χ0n) is 12.9. The van der Waals surface area contributed by atoms with Crippen molar-refractivity contribution in [2.45, 2.75) is 24.7 Å². The molecule has 0 saturated heterocycles. The molecule has 5 heteroatoms. The molecular weight excluding hydrogens is 313 g/mol. The minimum atomic E-state index is -0.523. The summed E-state index contributed by atoms with van der Waals surface area (Å²) in [5, 5.41) is 8.91. The Hall–Kier alpha value is -2.32. The molecule has 0 unspecified atom stereocenters. The lowest BCUT2D eigenvalue weighted by Gasteiger charge is -2.12. The molecule has 0 radical (unpaired) electrons. The van der Waals surface area contributed by atoms with E-state index in [2.05, 4.69) is 0 Å². The van der Waals surface area contributed by atoms with E-state index in [0.29, 0.717) is 18.6 Å². The van der Waals surface area contributed by atoms with Crippen molar-refractivity contribution >= 4 is 17.5 Å². The van der Waals surface area contributed by atoms with Crippen molar-refractivity contribution in [3.8, 4) is 17.6 Å². The fraction of sp³-hybridized carbons (Fsp3) is 0.222. The summed E-state index contributed by atoms with van der Waals surface area (Å²) in [6.07, 6.45) is 2.94. The molecule has 0 aliphatic heterocycles. The Bertz CT molecular complexity index is 768. The molecule has 0 spiro atoms. The summed E-state index contributed by atoms with van der Waals surface area (Å²) in [6, 6.07) is 11.4. The number of thioether (sulfide) groups is 1. The maximum absolute atomic E-state index is 13.5. The molecule has 0 aliphatic carbocycles. The second-order valence-corrected chi connectivity index (χ2v) is 5.94. The van der Waals surface area contributed by atoms with Crippen LogP contribution in [0.2, 0.25) is 0 Å². The minimum Gasteiger partial charge on any atom is -0.457 e. The number of halogens is 1. The highest BCUT2D eigenvalue weighted by Crippen LogP contribution is 2.30. The van der Waals surface area contributed by atoms with E-state index in [9.17, 15) is 9.18 Å². The average Bonchev–Trinajstić information content (AvgIpc) is 2.53. The quantitative estimate of drug-likeness (QED) is 0.719. The molecule has 0 fully saturated rings. The molecule has 0 atom stereocenters. The maximum Gasteiger partial charge on any atom is 0.131 e. The van der Waals surface area contributed by atoms with Gasteiger partial charge in [-0.15, -0.1) is 11.8 Å². The first-order chi connectivity index (χ1) is 11.0. The minimum absolute atomic E-state index is 0.100. The zero-order valence-corrected chi connectivity index (χ0v) is 13.7. The topological polar surface area (TPSA) is 50.1 Å². The van der Waals surface area contributed by atoms with Crippen LogP contribution in [0.4, 0.5) is 4.39 Å². The van der Waals surface area contributed by atoms with Crippen molar-refractivity contribution in [3.63, 3.8) is 0 Å². The molecule has 0 saturated carbocycles. The molecule has 3 nitrogen and oxygen atoms in total. The number of hydrogen-bond acceptors (Lipinski definition) is 4. The number of nitriles is 1. The average molecular weight is 329 g/mol. The predicted molar refractivity (Wildman–Crippen MR) is 88.4 cm³/mol. The third kappa shape index (κ3) is 4.83. The van der Waals surface area contributed by atoms with Crippen molar-refractivity contribution in [2.24, 2.45) is 0 Å². The zero-order chi connectivity index (χ0) is 16.8. The number of hydrogen-bond donors (Lipinski definition) is 0. The monoisotopic (exact) mass is 329 g/mol. The first-order valence-corrected chi connectivity index (χ1v) is 8.29. The Morgan fingerprint density at radius 2 is 2.09 bits per heavy atom. The summed E-state index contributed by atoms with van der Waals surface area (Å²) in [4.78, 5) is 12.3. The van der Waals surface area contributed by atoms with Gasteiger partial charge in [-0.05, 0) is 55.5 Å². The van der Waals surface area contributed by atoms with Crippen molar-refractivity contribution in [3.05, 3.63) is 53.3 Å². The van der Waals surface area contributed by atoms with Gasteiger partial charge in [0, 0.05) is 17.4 Å². The van der Waals surface area contributed by atoms with Crippen molar-refractivity contribution in [2.75, 3.05) is 6.26 Å². The second-order valence-electron chi connectivity index (χ2n) is 5.07. The molecule has 2 aromatic carbocycles. The van der Waals surface area contributed by atoms with Gasteiger partial charge in [0.1, 0.15) is 23.1 Å². The highest BCUT2D eigenvalue weighted by atomic mass is 32.2. The highest BCUT2D eigenvalue weighted by Gasteiger charge is 2.09. The first kappa shape index (κ1) is 17.0. The number of carbonyl (C=O) groups is 1. The number of carbonyl (C=O) groups excluding carboxylic acids is 1. The van der Waals surface area contributed by atoms with Gasteiger partial charge in [-0.2, -0.15) is 5.26 Å². The summed E-state index contributed by atoms with van der Waals surface area (Å²) in [5.41, 5.74) is 1.08. The first-order valence-electron chi connectivity index (χ1n) is 7.06. The number of ether oxygens (including phenoxy) is 1. The smallest absolute Gasteiger partial charge is 0.131 e. The largest absolute Gasteiger partial charge is 0.457 e. The van der Waals surface area contributed by atoms with E-state index in [1.807, 2.05) is 24.5 Å². The third-order valence-electron chi connectivity index (χ3n) is 3.24. The van der Waals surface area contributed by atoms with Crippen LogP contribution in [-0.2, 0) is 11.2 Å². The van der Waals surface area contributed by atoms with Crippen molar-refractivity contribution in [1.29, 1.82) is 5.26 Å². The van der Waals surface area contributed by atoms with E-state index in [0.717, 1.165) is 16.5 Å². The van der Waals surface area contributed by atoms with Crippen LogP contribution in [0.25, 0.3) is 0 Å². The third-order valence-corrected chi connectivity index (χ3v) is 3.97. The van der Waals surface area contributed by atoms with Crippen LogP contribution in [0.5, 0.6) is 11.5 Å². The van der Waals surface area contributed by atoms with Gasteiger partial charge in [-0.1, -0.05) is 0 Å². The number of rotatable bonds is 6. The molecule has 118 valence electrons. The van der Waals surface area contributed by atoms with E-state index < -0.39 is 5.82 Å². The summed E-state index contributed by atoms with van der Waals surface area (Å²) in [5.74, 6) is 0.411. The summed E-state index contributed by atoms with van der Waals surface area (Å²) in [6.45, 7) is 1.55. The Morgan fingerprint density at radius 3 is 2.74 bits per heavy atom. The lowest BCUT2D eigenvalue weighted by atomic mass is 10.1. The number of aryl methyl sites for hydroxylation is 1. The number of benzene rings is 2. The van der Waals surface area contributed by atoms with Crippen LogP contribution in [-0.4, -0.2) is 12.0 Å². The van der Waals surface area contributed by atoms with Crippen LogP contribution in [0.3, 0.4) is 0 Å². The standard InChI is InChI=1S/C18H16FNO2S/c1-12(21)3-4-14-9-17(23-2)5-6-18(14)22-16-8-13(11-20)7-15(19)10-16/h5-10H,3-4H2,1-2H3. The van der Waals surface area contributed by atoms with Crippen LogP contribution < -0.4 is 4.74 Å². The second kappa shape index (κ2) is 7.80. The van der Waals surface area contributed by atoms with Crippen LogP contribution in [0.1, 0.15) is 24.5 Å². The maximum atomic E-state index is 13.5. The predicted octanol–water partition coefficient (Wildman–Crippen LogP) is 4.73. The van der Waals surface area contributed by atoms with Crippen molar-refractivity contribution in [1.82, 2.24) is 0 Å². The van der Waals surface area contributed by atoms with Gasteiger partial charge in [0.2, 0.25) is 0 Å². The molecule has 0 heterocycles. The summed E-state index contributed by atoms with van der Waals surface area (Å²) >= 11 is 1.60. The van der Waals surface area contributed by atoms with Gasteiger partial charge in [-0.25, -0.2) is 4.39 Å². The van der Waals surface area contributed by atoms with Crippen LogP contribution >= 0.6 is 11.8 Å². The summed E-state index contributed by atoms with van der Waals surface area (Å²) in [7, 11) is 0. The van der Waals surface area contributed by atoms with Crippen LogP contribution in [0.15, 0.2) is 41.3 Å². The van der Waals surface area contributed by atoms with Gasteiger partial charge in [0.05, 0.1) is 11.6 Å². The molecule has 2 rings (SSSR count). The number of Topliss-reactive ketones (excluding diaryl/α,β-unsaturated/α-hetero) is 1. The van der Waals surface area contributed by atoms with E-state index in [4.69, 9.17) is 10.00 Å². The molecule has 0 aromatic heterocycles. The van der Waals surface area contributed by atoms with E-state index in [-0.39, 0.29) is 17.1 Å². The Labute approximate surface area is 139 Å². The molecule has 0 N–H and O–H groups in total. The SMILES string of the molecule is CSc1ccc(Oc2cc(F)cc(C#N)c2)c(CCC(C)=O)c1. The molecule has 0 bridgehead atoms. The fourth-order valence-corrected chi connectivity index (χ4v) is 2.57. The van der Waals surface area contributed by atoms with Gasteiger partial charge >= 0.3 is 0 Å². The highest BCUT2D eigenvalue weighted by molar-refractivity contribution is 7.98. The molecule has 0 amide bonds. The van der Waals surface area contributed by atoms with Gasteiger partial charge < -0.3 is 9.53 Å². The number of nitrogens with zero attached hydrogens (tertiary/aromatic N) is 1.